The number of rotatable bonds is 7. The fourth-order valence-electron chi connectivity index (χ4n) is 2.84. The standard InChI is InChI=1S/C19H27N3O2/c1-5-14(15-10-8-7-9-11-15)12-22(6-2)18(23)16-13-24-21-17(16)19(3,4)20/h7-11,13-14H,5-6,12,20H2,1-4H3. The molecule has 5 heteroatoms. The molecular weight excluding hydrogens is 302 g/mol. The number of likely N-dealkylation sites (N-methyl/N-ethyl adjacent to an activating group) is 1. The van der Waals surface area contributed by atoms with Gasteiger partial charge < -0.3 is 15.2 Å². The van der Waals surface area contributed by atoms with Crippen LogP contribution in [-0.2, 0) is 5.54 Å². The van der Waals surface area contributed by atoms with E-state index in [9.17, 15) is 4.79 Å². The van der Waals surface area contributed by atoms with Crippen molar-refractivity contribution in [1.82, 2.24) is 10.1 Å². The maximum absolute atomic E-state index is 13.0. The van der Waals surface area contributed by atoms with Gasteiger partial charge in [-0.25, -0.2) is 0 Å². The summed E-state index contributed by atoms with van der Waals surface area (Å²) in [5.74, 6) is 0.214. The number of carbonyl (C=O) groups is 1. The zero-order valence-corrected chi connectivity index (χ0v) is 15.0. The highest BCUT2D eigenvalue weighted by Gasteiger charge is 2.29. The number of hydrogen-bond donors (Lipinski definition) is 1. The molecule has 2 N–H and O–H groups in total. The first kappa shape index (κ1) is 18.2. The normalized spacial score (nSPS) is 12.9. The predicted molar refractivity (Wildman–Crippen MR) is 94.8 cm³/mol. The molecule has 1 aromatic carbocycles. The summed E-state index contributed by atoms with van der Waals surface area (Å²) in [6, 6.07) is 10.3. The van der Waals surface area contributed by atoms with Gasteiger partial charge >= 0.3 is 0 Å². The predicted octanol–water partition coefficient (Wildman–Crippen LogP) is 3.52. The van der Waals surface area contributed by atoms with Crippen LogP contribution in [0.3, 0.4) is 0 Å². The van der Waals surface area contributed by atoms with Gasteiger partial charge in [0, 0.05) is 19.0 Å². The topological polar surface area (TPSA) is 72.4 Å². The van der Waals surface area contributed by atoms with Crippen LogP contribution in [0.5, 0.6) is 0 Å². The van der Waals surface area contributed by atoms with Crippen molar-refractivity contribution in [3.8, 4) is 0 Å². The zero-order chi connectivity index (χ0) is 17.7. The fourth-order valence-corrected chi connectivity index (χ4v) is 2.84. The van der Waals surface area contributed by atoms with Crippen molar-refractivity contribution in [2.45, 2.75) is 45.6 Å². The summed E-state index contributed by atoms with van der Waals surface area (Å²) in [5, 5.41) is 3.94. The molecule has 0 aliphatic heterocycles. The SMILES string of the molecule is CCC(CN(CC)C(=O)c1conc1C(C)(C)N)c1ccccc1. The van der Waals surface area contributed by atoms with E-state index in [-0.39, 0.29) is 5.91 Å². The molecule has 1 amide bonds. The van der Waals surface area contributed by atoms with Crippen LogP contribution in [-0.4, -0.2) is 29.1 Å². The minimum absolute atomic E-state index is 0.0818. The Balaban J connectivity index is 2.22. The lowest BCUT2D eigenvalue weighted by Crippen LogP contribution is -2.37. The van der Waals surface area contributed by atoms with Gasteiger partial charge in [-0.1, -0.05) is 42.4 Å². The van der Waals surface area contributed by atoms with Crippen LogP contribution in [0.25, 0.3) is 0 Å². The number of nitrogens with two attached hydrogens (primary N) is 1. The van der Waals surface area contributed by atoms with E-state index in [2.05, 4.69) is 24.2 Å². The Kier molecular flexibility index (Phi) is 5.78. The van der Waals surface area contributed by atoms with Crippen molar-refractivity contribution in [1.29, 1.82) is 0 Å². The number of hydrogen-bond acceptors (Lipinski definition) is 4. The number of aromatic nitrogens is 1. The second-order valence-corrected chi connectivity index (χ2v) is 6.66. The molecule has 2 rings (SSSR count). The van der Waals surface area contributed by atoms with Crippen molar-refractivity contribution >= 4 is 5.91 Å². The first-order chi connectivity index (χ1) is 11.4. The van der Waals surface area contributed by atoms with Crippen LogP contribution in [0.15, 0.2) is 41.1 Å². The van der Waals surface area contributed by atoms with Gasteiger partial charge in [0.05, 0.1) is 5.54 Å². The molecule has 5 nitrogen and oxygen atoms in total. The molecule has 0 saturated carbocycles. The van der Waals surface area contributed by atoms with Crippen LogP contribution in [0.4, 0.5) is 0 Å². The van der Waals surface area contributed by atoms with Crippen LogP contribution in [0.1, 0.15) is 61.6 Å². The highest BCUT2D eigenvalue weighted by atomic mass is 16.5. The molecule has 0 spiro atoms. The summed E-state index contributed by atoms with van der Waals surface area (Å²) in [6.07, 6.45) is 2.37. The summed E-state index contributed by atoms with van der Waals surface area (Å²) in [6.45, 7) is 9.04. The Bertz CT molecular complexity index is 659. The van der Waals surface area contributed by atoms with E-state index in [1.165, 1.54) is 11.8 Å². The van der Waals surface area contributed by atoms with Gasteiger partial charge in [0.15, 0.2) is 0 Å². The summed E-state index contributed by atoms with van der Waals surface area (Å²) < 4.78 is 5.03. The van der Waals surface area contributed by atoms with E-state index in [1.807, 2.05) is 43.9 Å². The third kappa shape index (κ3) is 4.03. The van der Waals surface area contributed by atoms with Crippen LogP contribution >= 0.6 is 0 Å². The van der Waals surface area contributed by atoms with Gasteiger partial charge in [0.2, 0.25) is 0 Å². The summed E-state index contributed by atoms with van der Waals surface area (Å²) in [7, 11) is 0. The molecule has 2 aromatic rings. The average Bonchev–Trinajstić information content (AvgIpc) is 3.06. The van der Waals surface area contributed by atoms with E-state index in [0.717, 1.165) is 6.42 Å². The molecule has 130 valence electrons. The van der Waals surface area contributed by atoms with Crippen LogP contribution < -0.4 is 5.73 Å². The Morgan fingerprint density at radius 3 is 2.50 bits per heavy atom. The third-order valence-corrected chi connectivity index (χ3v) is 4.28. The second kappa shape index (κ2) is 7.62. The van der Waals surface area contributed by atoms with Gasteiger partial charge in [-0.3, -0.25) is 4.79 Å². The lowest BCUT2D eigenvalue weighted by Gasteiger charge is -2.27. The quantitative estimate of drug-likeness (QED) is 0.843. The van der Waals surface area contributed by atoms with E-state index in [0.29, 0.717) is 30.3 Å². The van der Waals surface area contributed by atoms with Crippen LogP contribution in [0.2, 0.25) is 0 Å². The van der Waals surface area contributed by atoms with Crippen molar-refractivity contribution in [3.63, 3.8) is 0 Å². The van der Waals surface area contributed by atoms with Crippen molar-refractivity contribution in [2.24, 2.45) is 5.73 Å². The molecule has 1 heterocycles. The smallest absolute Gasteiger partial charge is 0.259 e. The Labute approximate surface area is 143 Å². The summed E-state index contributed by atoms with van der Waals surface area (Å²) in [5.41, 5.74) is 7.58. The molecule has 0 fully saturated rings. The molecule has 0 bridgehead atoms. The van der Waals surface area contributed by atoms with Gasteiger partial charge in [0.1, 0.15) is 17.5 Å². The first-order valence-corrected chi connectivity index (χ1v) is 8.46. The summed E-state index contributed by atoms with van der Waals surface area (Å²) in [4.78, 5) is 14.8. The van der Waals surface area contributed by atoms with Crippen molar-refractivity contribution < 1.29 is 9.32 Å². The van der Waals surface area contributed by atoms with Crippen molar-refractivity contribution in [2.75, 3.05) is 13.1 Å². The van der Waals surface area contributed by atoms with Gasteiger partial charge in [-0.05, 0) is 32.8 Å². The monoisotopic (exact) mass is 329 g/mol. The molecular formula is C19H27N3O2. The summed E-state index contributed by atoms with van der Waals surface area (Å²) >= 11 is 0. The lowest BCUT2D eigenvalue weighted by molar-refractivity contribution is 0.0750. The Hall–Kier alpha value is -2.14. The minimum Gasteiger partial charge on any atom is -0.364 e. The number of amides is 1. The van der Waals surface area contributed by atoms with E-state index in [4.69, 9.17) is 10.3 Å². The molecule has 0 aliphatic rings. The maximum Gasteiger partial charge on any atom is 0.259 e. The molecule has 0 saturated heterocycles. The van der Waals surface area contributed by atoms with Crippen LogP contribution in [0, 0.1) is 0 Å². The zero-order valence-electron chi connectivity index (χ0n) is 15.0. The number of nitrogens with zero attached hydrogens (tertiary/aromatic N) is 2. The minimum atomic E-state index is -0.721. The highest BCUT2D eigenvalue weighted by Crippen LogP contribution is 2.24. The fraction of sp³-hybridized carbons (Fsp3) is 0.474. The van der Waals surface area contributed by atoms with Crippen molar-refractivity contribution in [3.05, 3.63) is 53.4 Å². The maximum atomic E-state index is 13.0. The van der Waals surface area contributed by atoms with Gasteiger partial charge in [-0.2, -0.15) is 0 Å². The largest absolute Gasteiger partial charge is 0.364 e. The molecule has 1 aromatic heterocycles. The average molecular weight is 329 g/mol. The highest BCUT2D eigenvalue weighted by molar-refractivity contribution is 5.95. The van der Waals surface area contributed by atoms with E-state index >= 15 is 0 Å². The first-order valence-electron chi connectivity index (χ1n) is 8.46. The molecule has 24 heavy (non-hydrogen) atoms. The Morgan fingerprint density at radius 2 is 1.96 bits per heavy atom. The molecule has 1 unspecified atom stereocenters. The number of benzene rings is 1. The third-order valence-electron chi connectivity index (χ3n) is 4.28. The Morgan fingerprint density at radius 1 is 1.29 bits per heavy atom. The lowest BCUT2D eigenvalue weighted by atomic mass is 9.95. The molecule has 0 radical (unpaired) electrons. The second-order valence-electron chi connectivity index (χ2n) is 6.66. The van der Waals surface area contributed by atoms with Gasteiger partial charge in [0.25, 0.3) is 5.91 Å². The molecule has 0 aliphatic carbocycles. The number of carbonyl (C=O) groups excluding carboxylic acids is 1. The van der Waals surface area contributed by atoms with E-state index in [1.54, 1.807) is 0 Å². The van der Waals surface area contributed by atoms with Gasteiger partial charge in [-0.15, -0.1) is 0 Å². The van der Waals surface area contributed by atoms with E-state index < -0.39 is 5.54 Å². The molecule has 1 atom stereocenters.